The third-order valence-corrected chi connectivity index (χ3v) is 2.27. The monoisotopic (exact) mass is 229 g/mol. The molecule has 0 aliphatic rings. The number of aryl methyl sites for hydroxylation is 1. The van der Waals surface area contributed by atoms with E-state index in [-0.39, 0.29) is 0 Å². The summed E-state index contributed by atoms with van der Waals surface area (Å²) in [7, 11) is 0. The molecule has 3 heteroatoms. The van der Waals surface area contributed by atoms with E-state index < -0.39 is 0 Å². The Bertz CT molecular complexity index is 296. The Morgan fingerprint density at radius 1 is 1.55 bits per heavy atom. The molecule has 0 bridgehead atoms. The highest BCUT2D eigenvalue weighted by Crippen LogP contribution is 2.17. The first-order valence-electron chi connectivity index (χ1n) is 3.17. The lowest BCUT2D eigenvalue weighted by molar-refractivity contribution is 1.43. The molecule has 0 aliphatic heterocycles. The minimum atomic E-state index is 0.428. The summed E-state index contributed by atoms with van der Waals surface area (Å²) < 4.78 is 0.963. The third kappa shape index (κ3) is 2.01. The van der Waals surface area contributed by atoms with Crippen LogP contribution in [0, 0.1) is 6.92 Å². The van der Waals surface area contributed by atoms with Crippen molar-refractivity contribution in [2.24, 2.45) is 5.73 Å². The molecule has 1 nitrogen and oxygen atoms in total. The molecule has 58 valence electrons. The van der Waals surface area contributed by atoms with Crippen LogP contribution >= 0.6 is 28.1 Å². The largest absolute Gasteiger partial charge is 0.389 e. The van der Waals surface area contributed by atoms with Crippen molar-refractivity contribution in [3.8, 4) is 0 Å². The molecule has 0 amide bonds. The number of halogens is 1. The minimum Gasteiger partial charge on any atom is -0.389 e. The maximum Gasteiger partial charge on any atom is 0.105 e. The van der Waals surface area contributed by atoms with Gasteiger partial charge in [0.25, 0.3) is 0 Å². The van der Waals surface area contributed by atoms with Crippen molar-refractivity contribution >= 4 is 33.1 Å². The lowest BCUT2D eigenvalue weighted by Crippen LogP contribution is -2.09. The number of benzene rings is 1. The van der Waals surface area contributed by atoms with E-state index in [1.165, 1.54) is 5.56 Å². The van der Waals surface area contributed by atoms with Gasteiger partial charge in [0.05, 0.1) is 0 Å². The van der Waals surface area contributed by atoms with Gasteiger partial charge in [-0.3, -0.25) is 0 Å². The maximum atomic E-state index is 5.47. The van der Waals surface area contributed by atoms with Crippen molar-refractivity contribution in [3.05, 3.63) is 33.8 Å². The quantitative estimate of drug-likeness (QED) is 0.749. The first-order valence-corrected chi connectivity index (χ1v) is 4.37. The summed E-state index contributed by atoms with van der Waals surface area (Å²) in [5.41, 5.74) is 7.55. The molecule has 0 aromatic heterocycles. The predicted octanol–water partition coefficient (Wildman–Crippen LogP) is 2.39. The topological polar surface area (TPSA) is 26.0 Å². The van der Waals surface area contributed by atoms with E-state index in [0.717, 1.165) is 10.0 Å². The van der Waals surface area contributed by atoms with Crippen LogP contribution in [0.1, 0.15) is 11.1 Å². The van der Waals surface area contributed by atoms with Gasteiger partial charge in [-0.25, -0.2) is 0 Å². The fourth-order valence-electron chi connectivity index (χ4n) is 0.820. The molecule has 0 heterocycles. The standard InChI is InChI=1S/C8H8BrNS/c1-5-2-3-6(8(10)11)7(9)4-5/h2-4H,1H3,(H2,10,11). The molecule has 1 aromatic carbocycles. The molecule has 1 aromatic rings. The van der Waals surface area contributed by atoms with Crippen LogP contribution in [-0.4, -0.2) is 4.99 Å². The van der Waals surface area contributed by atoms with Crippen molar-refractivity contribution < 1.29 is 0 Å². The lowest BCUT2D eigenvalue weighted by atomic mass is 10.1. The number of hydrogen-bond donors (Lipinski definition) is 1. The number of hydrogen-bond acceptors (Lipinski definition) is 1. The molecular weight excluding hydrogens is 222 g/mol. The second-order valence-corrected chi connectivity index (χ2v) is 3.64. The minimum absolute atomic E-state index is 0.428. The van der Waals surface area contributed by atoms with Gasteiger partial charge in [-0.15, -0.1) is 0 Å². The van der Waals surface area contributed by atoms with Gasteiger partial charge in [0, 0.05) is 10.0 Å². The molecule has 0 spiro atoms. The van der Waals surface area contributed by atoms with E-state index in [2.05, 4.69) is 15.9 Å². The van der Waals surface area contributed by atoms with Gasteiger partial charge in [-0.05, 0) is 18.6 Å². The zero-order valence-corrected chi connectivity index (χ0v) is 8.50. The predicted molar refractivity (Wildman–Crippen MR) is 54.8 cm³/mol. The van der Waals surface area contributed by atoms with E-state index in [1.807, 2.05) is 25.1 Å². The van der Waals surface area contributed by atoms with Gasteiger partial charge in [0.1, 0.15) is 4.99 Å². The molecule has 0 fully saturated rings. The second kappa shape index (κ2) is 3.32. The van der Waals surface area contributed by atoms with Gasteiger partial charge >= 0.3 is 0 Å². The fourth-order valence-corrected chi connectivity index (χ4v) is 1.84. The van der Waals surface area contributed by atoms with Crippen LogP contribution < -0.4 is 5.73 Å². The fraction of sp³-hybridized carbons (Fsp3) is 0.125. The van der Waals surface area contributed by atoms with Gasteiger partial charge < -0.3 is 5.73 Å². The van der Waals surface area contributed by atoms with Crippen LogP contribution in [0.15, 0.2) is 22.7 Å². The highest BCUT2D eigenvalue weighted by Gasteiger charge is 2.00. The lowest BCUT2D eigenvalue weighted by Gasteiger charge is -2.01. The molecular formula is C8H8BrNS. The van der Waals surface area contributed by atoms with Gasteiger partial charge in [-0.2, -0.15) is 0 Å². The molecule has 0 saturated carbocycles. The van der Waals surface area contributed by atoms with E-state index in [0.29, 0.717) is 4.99 Å². The highest BCUT2D eigenvalue weighted by molar-refractivity contribution is 9.10. The Balaban J connectivity index is 3.20. The van der Waals surface area contributed by atoms with Crippen LogP contribution in [0.4, 0.5) is 0 Å². The van der Waals surface area contributed by atoms with Crippen molar-refractivity contribution in [1.82, 2.24) is 0 Å². The third-order valence-electron chi connectivity index (χ3n) is 1.39. The number of nitrogens with two attached hydrogens (primary N) is 1. The van der Waals surface area contributed by atoms with Gasteiger partial charge in [0.2, 0.25) is 0 Å². The summed E-state index contributed by atoms with van der Waals surface area (Å²) in [4.78, 5) is 0.428. The van der Waals surface area contributed by atoms with Crippen molar-refractivity contribution in [1.29, 1.82) is 0 Å². The summed E-state index contributed by atoms with van der Waals surface area (Å²) in [6.07, 6.45) is 0. The van der Waals surface area contributed by atoms with Crippen LogP contribution in [0.5, 0.6) is 0 Å². The van der Waals surface area contributed by atoms with Gasteiger partial charge in [-0.1, -0.05) is 40.3 Å². The first kappa shape index (κ1) is 8.68. The number of thiocarbonyl (C=S) groups is 1. The normalized spacial score (nSPS) is 9.64. The second-order valence-electron chi connectivity index (χ2n) is 2.35. The number of rotatable bonds is 1. The molecule has 2 N–H and O–H groups in total. The van der Waals surface area contributed by atoms with Crippen LogP contribution in [0.25, 0.3) is 0 Å². The van der Waals surface area contributed by atoms with Crippen molar-refractivity contribution in [2.45, 2.75) is 6.92 Å². The van der Waals surface area contributed by atoms with Gasteiger partial charge in [0.15, 0.2) is 0 Å². The Kier molecular flexibility index (Phi) is 2.62. The average Bonchev–Trinajstić information content (AvgIpc) is 1.85. The SMILES string of the molecule is Cc1ccc(C(N)=S)c(Br)c1. The average molecular weight is 230 g/mol. The Morgan fingerprint density at radius 3 is 2.64 bits per heavy atom. The van der Waals surface area contributed by atoms with Crippen LogP contribution in [0.2, 0.25) is 0 Å². The molecule has 0 unspecified atom stereocenters. The van der Waals surface area contributed by atoms with Crippen molar-refractivity contribution in [2.75, 3.05) is 0 Å². The molecule has 1 rings (SSSR count). The molecule has 11 heavy (non-hydrogen) atoms. The van der Waals surface area contributed by atoms with E-state index in [9.17, 15) is 0 Å². The molecule has 0 atom stereocenters. The molecule has 0 aliphatic carbocycles. The zero-order valence-electron chi connectivity index (χ0n) is 6.10. The summed E-state index contributed by atoms with van der Waals surface area (Å²) in [6, 6.07) is 5.90. The summed E-state index contributed by atoms with van der Waals surface area (Å²) in [6.45, 7) is 2.02. The summed E-state index contributed by atoms with van der Waals surface area (Å²) in [5, 5.41) is 0. The maximum absolute atomic E-state index is 5.47. The molecule has 0 saturated heterocycles. The Hall–Kier alpha value is -0.410. The molecule has 0 radical (unpaired) electrons. The van der Waals surface area contributed by atoms with Crippen LogP contribution in [0.3, 0.4) is 0 Å². The zero-order chi connectivity index (χ0) is 8.43. The van der Waals surface area contributed by atoms with Crippen molar-refractivity contribution in [3.63, 3.8) is 0 Å². The van der Waals surface area contributed by atoms with E-state index in [1.54, 1.807) is 0 Å². The van der Waals surface area contributed by atoms with E-state index in [4.69, 9.17) is 18.0 Å². The summed E-state index contributed by atoms with van der Waals surface area (Å²) in [5.74, 6) is 0. The highest BCUT2D eigenvalue weighted by atomic mass is 79.9. The Labute approximate surface area is 79.7 Å². The van der Waals surface area contributed by atoms with E-state index >= 15 is 0 Å². The summed E-state index contributed by atoms with van der Waals surface area (Å²) >= 11 is 8.22. The first-order chi connectivity index (χ1) is 5.11. The smallest absolute Gasteiger partial charge is 0.105 e. The Morgan fingerprint density at radius 2 is 2.18 bits per heavy atom. The van der Waals surface area contributed by atoms with Crippen LogP contribution in [-0.2, 0) is 0 Å².